The molecule has 312 valence electrons. The van der Waals surface area contributed by atoms with Gasteiger partial charge in [-0.25, -0.2) is 28.5 Å². The summed E-state index contributed by atoms with van der Waals surface area (Å²) in [6.45, 7) is 5.39. The number of nitrogens with zero attached hydrogens (tertiary/aromatic N) is 6. The fourth-order valence-corrected chi connectivity index (χ4v) is 9.87. The smallest absolute Gasteiger partial charge is 0.347 e. The summed E-state index contributed by atoms with van der Waals surface area (Å²) in [4.78, 5) is 77.5. The third-order valence-electron chi connectivity index (χ3n) is 12.8. The van der Waals surface area contributed by atoms with Crippen molar-refractivity contribution in [2.24, 2.45) is 13.0 Å². The zero-order valence-corrected chi connectivity index (χ0v) is 34.6. The molecule has 3 aliphatic rings. The Kier molecular flexibility index (Phi) is 9.37. The highest BCUT2D eigenvalue weighted by Gasteiger charge is 2.68. The molecule has 1 aliphatic carbocycles. The number of fused-ring (bicyclic) bond motifs is 5. The van der Waals surface area contributed by atoms with Crippen molar-refractivity contribution in [1.82, 2.24) is 28.5 Å². The second kappa shape index (κ2) is 14.5. The first-order chi connectivity index (χ1) is 29.3. The lowest BCUT2D eigenvalue weighted by atomic mass is 9.53. The summed E-state index contributed by atoms with van der Waals surface area (Å²) in [5.74, 6) is -1.71. The highest BCUT2D eigenvalue weighted by Crippen LogP contribution is 2.62. The zero-order chi connectivity index (χ0) is 43.1. The minimum Gasteiger partial charge on any atom is -0.507 e. The van der Waals surface area contributed by atoms with E-state index in [1.54, 1.807) is 45.2 Å². The molecule has 61 heavy (non-hydrogen) atoms. The number of nitrogens with one attached hydrogen (secondary N) is 1. The number of hydrogen-bond acceptors (Lipinski definition) is 10. The van der Waals surface area contributed by atoms with E-state index in [-0.39, 0.29) is 42.9 Å². The molecule has 1 saturated heterocycles. The van der Waals surface area contributed by atoms with Crippen LogP contribution < -0.4 is 31.8 Å². The number of aryl methyl sites for hydroxylation is 5. The molecule has 2 N–H and O–H groups in total. The Morgan fingerprint density at radius 1 is 0.869 bits per heavy atom. The van der Waals surface area contributed by atoms with E-state index >= 15 is 4.79 Å². The van der Waals surface area contributed by atoms with Crippen molar-refractivity contribution in [2.75, 3.05) is 19.6 Å². The van der Waals surface area contributed by atoms with E-state index < -0.39 is 46.5 Å². The van der Waals surface area contributed by atoms with E-state index in [9.17, 15) is 24.3 Å². The number of anilines is 1. The van der Waals surface area contributed by atoms with Crippen LogP contribution in [0.5, 0.6) is 17.2 Å². The Labute approximate surface area is 349 Å². The normalized spacial score (nSPS) is 20.6. The predicted molar refractivity (Wildman–Crippen MR) is 227 cm³/mol. The van der Waals surface area contributed by atoms with Crippen molar-refractivity contribution >= 4 is 28.5 Å². The Balaban J connectivity index is 1.17. The molecule has 2 fully saturated rings. The van der Waals surface area contributed by atoms with Crippen molar-refractivity contribution in [3.8, 4) is 17.2 Å². The first kappa shape index (κ1) is 39.3. The molecule has 2 aliphatic heterocycles. The summed E-state index contributed by atoms with van der Waals surface area (Å²) in [7, 11) is 4.62. The number of phenolic OH excluding ortho intramolecular Hbond substituents is 1. The summed E-state index contributed by atoms with van der Waals surface area (Å²) in [5.41, 5.74) is 5.97. The maximum Gasteiger partial charge on any atom is 0.347 e. The van der Waals surface area contributed by atoms with Gasteiger partial charge in [-0.15, -0.1) is 0 Å². The molecule has 2 aromatic heterocycles. The highest BCUT2D eigenvalue weighted by atomic mass is 16.5. The number of carbonyl (C=O) groups is 2. The zero-order valence-electron chi connectivity index (χ0n) is 34.6. The van der Waals surface area contributed by atoms with Gasteiger partial charge in [0.05, 0.1) is 54.9 Å². The van der Waals surface area contributed by atoms with Gasteiger partial charge in [-0.3, -0.25) is 19.8 Å². The number of ether oxygens (including phenoxy) is 2. The van der Waals surface area contributed by atoms with Gasteiger partial charge in [0, 0.05) is 38.1 Å². The first-order valence-electron chi connectivity index (χ1n) is 20.1. The number of hydrogen-bond donors (Lipinski definition) is 2. The number of aromatic hydroxyl groups is 1. The third-order valence-corrected chi connectivity index (χ3v) is 12.8. The van der Waals surface area contributed by atoms with Crippen LogP contribution in [0.25, 0.3) is 11.0 Å². The maximum absolute atomic E-state index is 15.4. The SMILES string of the molecule is COc1cc2nc(CCn3c(=O)n4n(c3=O)C3CC5C(=O)N(Nc6ccc(C)cc6)C(=O)C5(c5ccccc5)C(c5cc(C)c(O)c(C)c5)C3=CC4)c(=O)n(C)c2cc1OC. The van der Waals surface area contributed by atoms with Gasteiger partial charge >= 0.3 is 11.4 Å². The molecule has 2 amide bonds. The number of carbonyl (C=O) groups excluding carboxylic acids is 2. The minimum atomic E-state index is -1.47. The van der Waals surface area contributed by atoms with Crippen LogP contribution >= 0.6 is 0 Å². The number of imide groups is 1. The van der Waals surface area contributed by atoms with Crippen molar-refractivity contribution in [1.29, 1.82) is 0 Å². The summed E-state index contributed by atoms with van der Waals surface area (Å²) in [6.07, 6.45) is 1.91. The summed E-state index contributed by atoms with van der Waals surface area (Å²) in [6, 6.07) is 22.8. The van der Waals surface area contributed by atoms with E-state index in [4.69, 9.17) is 9.47 Å². The van der Waals surface area contributed by atoms with E-state index in [0.29, 0.717) is 56.0 Å². The van der Waals surface area contributed by atoms with Crippen molar-refractivity contribution < 1.29 is 24.2 Å². The van der Waals surface area contributed by atoms with Gasteiger partial charge in [-0.1, -0.05) is 66.2 Å². The number of phenols is 1. The van der Waals surface area contributed by atoms with Gasteiger partial charge < -0.3 is 19.1 Å². The quantitative estimate of drug-likeness (QED) is 0.156. The van der Waals surface area contributed by atoms with E-state index in [1.807, 2.05) is 67.6 Å². The molecule has 6 aromatic rings. The summed E-state index contributed by atoms with van der Waals surface area (Å²) in [5, 5.41) is 12.0. The van der Waals surface area contributed by atoms with Crippen LogP contribution in [0.15, 0.2) is 105 Å². The predicted octanol–water partition coefficient (Wildman–Crippen LogP) is 4.57. The number of allylic oxidation sites excluding steroid dienone is 2. The van der Waals surface area contributed by atoms with Crippen molar-refractivity contribution in [3.63, 3.8) is 0 Å². The monoisotopic (exact) mass is 823 g/mol. The Bertz CT molecular complexity index is 2990. The van der Waals surface area contributed by atoms with Gasteiger partial charge in [-0.05, 0) is 67.2 Å². The Morgan fingerprint density at radius 3 is 2.21 bits per heavy atom. The van der Waals surface area contributed by atoms with Gasteiger partial charge in [0.15, 0.2) is 11.5 Å². The summed E-state index contributed by atoms with van der Waals surface area (Å²) < 4.78 is 16.2. The van der Waals surface area contributed by atoms with E-state index in [0.717, 1.165) is 15.1 Å². The van der Waals surface area contributed by atoms with E-state index in [1.165, 1.54) is 28.2 Å². The number of rotatable bonds is 9. The molecule has 0 bridgehead atoms. The number of methoxy groups -OCH3 is 2. The molecule has 15 nitrogen and oxygen atoms in total. The molecule has 15 heteroatoms. The Hall–Kier alpha value is -7.16. The highest BCUT2D eigenvalue weighted by molar-refractivity contribution is 6.12. The second-order valence-corrected chi connectivity index (χ2v) is 16.1. The lowest BCUT2D eigenvalue weighted by Crippen LogP contribution is -2.53. The van der Waals surface area contributed by atoms with Gasteiger partial charge in [0.25, 0.3) is 17.4 Å². The van der Waals surface area contributed by atoms with Crippen LogP contribution in [0.2, 0.25) is 0 Å². The van der Waals surface area contributed by atoms with Crippen molar-refractivity contribution in [3.05, 3.63) is 155 Å². The van der Waals surface area contributed by atoms with Crippen LogP contribution in [0, 0.1) is 26.7 Å². The first-order valence-corrected chi connectivity index (χ1v) is 20.1. The molecular formula is C46H45N7O8. The number of hydrazine groups is 1. The van der Waals surface area contributed by atoms with Crippen LogP contribution in [0.4, 0.5) is 5.69 Å². The molecule has 0 spiro atoms. The molecule has 4 atom stereocenters. The van der Waals surface area contributed by atoms with E-state index in [2.05, 4.69) is 10.4 Å². The molecule has 4 unspecified atom stereocenters. The topological polar surface area (TPSA) is 172 Å². The largest absolute Gasteiger partial charge is 0.507 e. The molecule has 4 aromatic carbocycles. The lowest BCUT2D eigenvalue weighted by molar-refractivity contribution is -0.138. The molecule has 4 heterocycles. The molecule has 0 radical (unpaired) electrons. The van der Waals surface area contributed by atoms with Crippen LogP contribution in [-0.4, -0.2) is 59.6 Å². The lowest BCUT2D eigenvalue weighted by Gasteiger charge is -2.49. The Morgan fingerprint density at radius 2 is 1.54 bits per heavy atom. The van der Waals surface area contributed by atoms with Crippen LogP contribution in [0.3, 0.4) is 0 Å². The fraction of sp³-hybridized carbons (Fsp3) is 0.304. The number of aromatic nitrogens is 5. The minimum absolute atomic E-state index is 0.0140. The van der Waals surface area contributed by atoms with Crippen LogP contribution in [0.1, 0.15) is 51.9 Å². The standard InChI is InChI=1S/C46H45N7O8/c1-25-12-14-30(15-13-25)48-52-41(55)32-22-35-31(39(28-20-26(2)40(54)27(3)21-28)46(32,43(52)57)29-10-8-7-9-11-29)16-19-51-44(58)50(45(59)53(35)51)18-17-33-42(56)49(4)36-24-38(61-6)37(60-5)23-34(36)47-33/h7-16,20-21,23-24,32,35,39,48,54H,17-19,22H2,1-6H3. The van der Waals surface area contributed by atoms with Crippen molar-refractivity contribution in [2.45, 2.75) is 64.1 Å². The third kappa shape index (κ3) is 5.85. The second-order valence-electron chi connectivity index (χ2n) is 16.1. The maximum atomic E-state index is 15.4. The molecule has 1 saturated carbocycles. The van der Waals surface area contributed by atoms with Gasteiger partial charge in [0.1, 0.15) is 11.4 Å². The summed E-state index contributed by atoms with van der Waals surface area (Å²) >= 11 is 0. The average molecular weight is 824 g/mol. The number of benzene rings is 4. The fourth-order valence-electron chi connectivity index (χ4n) is 9.87. The van der Waals surface area contributed by atoms with Gasteiger partial charge in [-0.2, -0.15) is 5.01 Å². The van der Waals surface area contributed by atoms with Gasteiger partial charge in [0.2, 0.25) is 0 Å². The number of amides is 2. The van der Waals surface area contributed by atoms with Crippen LogP contribution in [-0.2, 0) is 41.6 Å². The average Bonchev–Trinajstić information content (AvgIpc) is 3.63. The molecular weight excluding hydrogens is 779 g/mol. The molecule has 9 rings (SSSR count).